The lowest BCUT2D eigenvalue weighted by Gasteiger charge is -2.10. The normalized spacial score (nSPS) is 9.84. The zero-order valence-electron chi connectivity index (χ0n) is 10.3. The lowest BCUT2D eigenvalue weighted by molar-refractivity contribution is -0.123. The van der Waals surface area contributed by atoms with Crippen molar-refractivity contribution in [3.05, 3.63) is 29.6 Å². The second-order valence-electron chi connectivity index (χ2n) is 3.49. The van der Waals surface area contributed by atoms with Gasteiger partial charge in [0, 0.05) is 6.54 Å². The molecule has 1 aromatic carbocycles. The van der Waals surface area contributed by atoms with Crippen LogP contribution in [0.2, 0.25) is 0 Å². The molecule has 6 nitrogen and oxygen atoms in total. The zero-order valence-corrected chi connectivity index (χ0v) is 10.3. The number of amides is 1. The average molecular weight is 271 g/mol. The van der Waals surface area contributed by atoms with Crippen LogP contribution in [0.15, 0.2) is 18.2 Å². The standard InChI is InChI=1S/C12H14FNO5/c1-18-12(17)9-6-8(13)2-3-10(9)19-7-11(16)14-4-5-15/h2-3,6,15H,4-5,7H2,1H3,(H,14,16). The first kappa shape index (κ1) is 14.9. The lowest BCUT2D eigenvalue weighted by Crippen LogP contribution is -2.31. The van der Waals surface area contributed by atoms with Crippen molar-refractivity contribution in [3.8, 4) is 5.75 Å². The SMILES string of the molecule is COC(=O)c1cc(F)ccc1OCC(=O)NCCO. The summed E-state index contributed by atoms with van der Waals surface area (Å²) >= 11 is 0. The number of rotatable bonds is 6. The molecule has 1 aromatic rings. The number of nitrogens with one attached hydrogen (secondary N) is 1. The van der Waals surface area contributed by atoms with E-state index >= 15 is 0 Å². The van der Waals surface area contributed by atoms with Gasteiger partial charge in [0.15, 0.2) is 6.61 Å². The molecular formula is C12H14FNO5. The van der Waals surface area contributed by atoms with Crippen molar-refractivity contribution >= 4 is 11.9 Å². The first-order valence-electron chi connectivity index (χ1n) is 5.46. The Kier molecular flexibility index (Phi) is 5.74. The van der Waals surface area contributed by atoms with Gasteiger partial charge in [0.05, 0.1) is 13.7 Å². The fourth-order valence-corrected chi connectivity index (χ4v) is 1.29. The fourth-order valence-electron chi connectivity index (χ4n) is 1.29. The summed E-state index contributed by atoms with van der Waals surface area (Å²) in [6, 6.07) is 3.31. The van der Waals surface area contributed by atoms with Crippen molar-refractivity contribution < 1.29 is 28.6 Å². The minimum Gasteiger partial charge on any atom is -0.483 e. The van der Waals surface area contributed by atoms with Crippen LogP contribution in [0.25, 0.3) is 0 Å². The third kappa shape index (κ3) is 4.55. The van der Waals surface area contributed by atoms with Crippen LogP contribution in [-0.4, -0.2) is 43.9 Å². The third-order valence-corrected chi connectivity index (χ3v) is 2.14. The molecule has 19 heavy (non-hydrogen) atoms. The average Bonchev–Trinajstić information content (AvgIpc) is 2.42. The highest BCUT2D eigenvalue weighted by Crippen LogP contribution is 2.20. The van der Waals surface area contributed by atoms with Crippen molar-refractivity contribution in [3.63, 3.8) is 0 Å². The largest absolute Gasteiger partial charge is 0.483 e. The Bertz CT molecular complexity index is 463. The van der Waals surface area contributed by atoms with E-state index in [-0.39, 0.29) is 31.1 Å². The number of hydrogen-bond acceptors (Lipinski definition) is 5. The van der Waals surface area contributed by atoms with Gasteiger partial charge in [0.25, 0.3) is 5.91 Å². The van der Waals surface area contributed by atoms with E-state index in [1.807, 2.05) is 0 Å². The Hall–Kier alpha value is -2.15. The van der Waals surface area contributed by atoms with Crippen molar-refractivity contribution in [2.24, 2.45) is 0 Å². The van der Waals surface area contributed by atoms with E-state index in [4.69, 9.17) is 9.84 Å². The number of ether oxygens (including phenoxy) is 2. The number of carbonyl (C=O) groups excluding carboxylic acids is 2. The summed E-state index contributed by atoms with van der Waals surface area (Å²) in [6.07, 6.45) is 0. The van der Waals surface area contributed by atoms with Crippen LogP contribution in [0.5, 0.6) is 5.75 Å². The van der Waals surface area contributed by atoms with Gasteiger partial charge in [0.2, 0.25) is 0 Å². The maximum Gasteiger partial charge on any atom is 0.341 e. The molecule has 0 atom stereocenters. The number of esters is 1. The number of hydrogen-bond donors (Lipinski definition) is 2. The van der Waals surface area contributed by atoms with Gasteiger partial charge in [-0.1, -0.05) is 0 Å². The number of carbonyl (C=O) groups is 2. The van der Waals surface area contributed by atoms with Gasteiger partial charge in [-0.3, -0.25) is 4.79 Å². The Labute approximate surface area is 109 Å². The number of methoxy groups -OCH3 is 1. The van der Waals surface area contributed by atoms with E-state index in [1.54, 1.807) is 0 Å². The van der Waals surface area contributed by atoms with Gasteiger partial charge >= 0.3 is 5.97 Å². The highest BCUT2D eigenvalue weighted by Gasteiger charge is 2.15. The third-order valence-electron chi connectivity index (χ3n) is 2.14. The minimum absolute atomic E-state index is 0.0485. The molecule has 104 valence electrons. The van der Waals surface area contributed by atoms with Crippen LogP contribution in [-0.2, 0) is 9.53 Å². The topological polar surface area (TPSA) is 84.9 Å². The van der Waals surface area contributed by atoms with E-state index in [0.717, 1.165) is 19.2 Å². The molecule has 0 aliphatic heterocycles. The van der Waals surface area contributed by atoms with E-state index in [1.165, 1.54) is 6.07 Å². The van der Waals surface area contributed by atoms with E-state index in [9.17, 15) is 14.0 Å². The second-order valence-corrected chi connectivity index (χ2v) is 3.49. The minimum atomic E-state index is -0.759. The molecule has 0 unspecified atom stereocenters. The molecule has 0 aliphatic rings. The van der Waals surface area contributed by atoms with Gasteiger partial charge in [-0.05, 0) is 18.2 Å². The summed E-state index contributed by atoms with van der Waals surface area (Å²) in [6.45, 7) is -0.430. The highest BCUT2D eigenvalue weighted by molar-refractivity contribution is 5.92. The molecule has 0 aromatic heterocycles. The molecule has 2 N–H and O–H groups in total. The molecule has 0 saturated carbocycles. The number of aliphatic hydroxyl groups excluding tert-OH is 1. The molecular weight excluding hydrogens is 257 g/mol. The summed E-state index contributed by atoms with van der Waals surface area (Å²) in [4.78, 5) is 22.7. The Morgan fingerprint density at radius 1 is 1.42 bits per heavy atom. The van der Waals surface area contributed by atoms with Crippen molar-refractivity contribution in [1.82, 2.24) is 5.32 Å². The predicted molar refractivity (Wildman–Crippen MR) is 63.3 cm³/mol. The van der Waals surface area contributed by atoms with Crippen LogP contribution >= 0.6 is 0 Å². The van der Waals surface area contributed by atoms with Gasteiger partial charge in [-0.15, -0.1) is 0 Å². The Morgan fingerprint density at radius 2 is 2.16 bits per heavy atom. The van der Waals surface area contributed by atoms with E-state index in [0.29, 0.717) is 0 Å². The van der Waals surface area contributed by atoms with Crippen LogP contribution in [0.3, 0.4) is 0 Å². The first-order valence-corrected chi connectivity index (χ1v) is 5.46. The van der Waals surface area contributed by atoms with Gasteiger partial charge in [-0.25, -0.2) is 9.18 Å². The van der Waals surface area contributed by atoms with Crippen molar-refractivity contribution in [2.45, 2.75) is 0 Å². The van der Waals surface area contributed by atoms with Gasteiger partial charge in [-0.2, -0.15) is 0 Å². The molecule has 7 heteroatoms. The quantitative estimate of drug-likeness (QED) is 0.717. The van der Waals surface area contributed by atoms with E-state index in [2.05, 4.69) is 10.1 Å². The molecule has 0 heterocycles. The lowest BCUT2D eigenvalue weighted by atomic mass is 10.2. The molecule has 0 aliphatic carbocycles. The van der Waals surface area contributed by atoms with Crippen LogP contribution < -0.4 is 10.1 Å². The van der Waals surface area contributed by atoms with Gasteiger partial charge in [0.1, 0.15) is 17.1 Å². The summed E-state index contributed by atoms with van der Waals surface area (Å²) in [5, 5.41) is 10.9. The Morgan fingerprint density at radius 3 is 2.79 bits per heavy atom. The van der Waals surface area contributed by atoms with Crippen LogP contribution in [0, 0.1) is 5.82 Å². The second kappa shape index (κ2) is 7.32. The molecule has 0 spiro atoms. The Balaban J connectivity index is 2.72. The van der Waals surface area contributed by atoms with Crippen molar-refractivity contribution in [1.29, 1.82) is 0 Å². The smallest absolute Gasteiger partial charge is 0.341 e. The number of aliphatic hydroxyl groups is 1. The van der Waals surface area contributed by atoms with Crippen LogP contribution in [0.1, 0.15) is 10.4 Å². The van der Waals surface area contributed by atoms with Gasteiger partial charge < -0.3 is 19.9 Å². The summed E-state index contributed by atoms with van der Waals surface area (Å²) in [5.74, 6) is -1.79. The van der Waals surface area contributed by atoms with Crippen LogP contribution in [0.4, 0.5) is 4.39 Å². The molecule has 0 saturated heterocycles. The first-order chi connectivity index (χ1) is 9.08. The number of halogens is 1. The van der Waals surface area contributed by atoms with Crippen molar-refractivity contribution in [2.75, 3.05) is 26.9 Å². The maximum absolute atomic E-state index is 13.0. The summed E-state index contributed by atoms with van der Waals surface area (Å²) in [7, 11) is 1.16. The molecule has 0 fully saturated rings. The predicted octanol–water partition coefficient (Wildman–Crippen LogP) is 0.0996. The summed E-state index contributed by atoms with van der Waals surface area (Å²) < 4.78 is 22.6. The molecule has 0 radical (unpaired) electrons. The monoisotopic (exact) mass is 271 g/mol. The molecule has 1 amide bonds. The number of benzene rings is 1. The fraction of sp³-hybridized carbons (Fsp3) is 0.333. The maximum atomic E-state index is 13.0. The van der Waals surface area contributed by atoms with E-state index < -0.39 is 17.7 Å². The molecule has 1 rings (SSSR count). The zero-order chi connectivity index (χ0) is 14.3. The summed E-state index contributed by atoms with van der Waals surface area (Å²) in [5.41, 5.74) is -0.0996. The highest BCUT2D eigenvalue weighted by atomic mass is 19.1. The molecule has 0 bridgehead atoms.